The van der Waals surface area contributed by atoms with Gasteiger partial charge in [-0.3, -0.25) is 0 Å². The molecule has 2 atom stereocenters. The van der Waals surface area contributed by atoms with Gasteiger partial charge in [0.1, 0.15) is 11.9 Å². The van der Waals surface area contributed by atoms with Gasteiger partial charge in [0.25, 0.3) is 0 Å². The van der Waals surface area contributed by atoms with E-state index in [0.29, 0.717) is 11.9 Å². The number of nitrogens with two attached hydrogens (primary N) is 1. The van der Waals surface area contributed by atoms with Crippen LogP contribution in [0.1, 0.15) is 49.4 Å². The maximum Gasteiger partial charge on any atom is 0.159 e. The van der Waals surface area contributed by atoms with Crippen LogP contribution in [0.2, 0.25) is 0 Å². The molecule has 1 saturated heterocycles. The molecule has 1 aliphatic carbocycles. The number of aromatic nitrogens is 2. The average Bonchev–Trinajstić information content (AvgIpc) is 2.85. The highest BCUT2D eigenvalue weighted by Crippen LogP contribution is 2.33. The van der Waals surface area contributed by atoms with Crippen LogP contribution in [0.15, 0.2) is 0 Å². The number of aryl methyl sites for hydroxylation is 1. The lowest BCUT2D eigenvalue weighted by atomic mass is 10.2. The molecule has 0 aromatic carbocycles. The molecule has 1 aromatic heterocycles. The molecule has 0 amide bonds. The Hall–Kier alpha value is -1.16. The summed E-state index contributed by atoms with van der Waals surface area (Å²) < 4.78 is 5.78. The zero-order valence-electron chi connectivity index (χ0n) is 9.57. The Labute approximate surface area is 95.2 Å². The van der Waals surface area contributed by atoms with Crippen LogP contribution in [-0.2, 0) is 17.6 Å². The van der Waals surface area contributed by atoms with Crippen LogP contribution in [0.4, 0.5) is 5.82 Å². The van der Waals surface area contributed by atoms with Gasteiger partial charge in [-0.2, -0.15) is 0 Å². The molecular formula is C12H17N3O. The molecule has 0 radical (unpaired) electrons. The van der Waals surface area contributed by atoms with Crippen LogP contribution in [0.3, 0.4) is 0 Å². The summed E-state index contributed by atoms with van der Waals surface area (Å²) in [5, 5.41) is 0. The topological polar surface area (TPSA) is 61.0 Å². The van der Waals surface area contributed by atoms with E-state index in [2.05, 4.69) is 16.9 Å². The number of anilines is 1. The second kappa shape index (κ2) is 3.70. The van der Waals surface area contributed by atoms with Gasteiger partial charge in [-0.15, -0.1) is 0 Å². The van der Waals surface area contributed by atoms with Crippen molar-refractivity contribution in [2.24, 2.45) is 0 Å². The number of rotatable bonds is 1. The summed E-state index contributed by atoms with van der Waals surface area (Å²) in [6.07, 6.45) is 5.70. The van der Waals surface area contributed by atoms with Crippen LogP contribution in [0.25, 0.3) is 0 Å². The minimum absolute atomic E-state index is 0.0585. The van der Waals surface area contributed by atoms with Crippen LogP contribution >= 0.6 is 0 Å². The van der Waals surface area contributed by atoms with Crippen molar-refractivity contribution in [3.05, 3.63) is 17.1 Å². The van der Waals surface area contributed by atoms with E-state index in [4.69, 9.17) is 10.5 Å². The average molecular weight is 219 g/mol. The normalized spacial score (nSPS) is 28.3. The molecule has 3 rings (SSSR count). The predicted molar refractivity (Wildman–Crippen MR) is 61.0 cm³/mol. The standard InChI is InChI=1S/C12H17N3O/c1-7-5-6-10(16-7)12-14-9-4-2-3-8(9)11(13)15-12/h7,10H,2-6H2,1H3,(H2,13,14,15). The number of nitrogen functional groups attached to an aromatic ring is 1. The Morgan fingerprint density at radius 3 is 2.88 bits per heavy atom. The molecule has 2 heterocycles. The fourth-order valence-corrected chi connectivity index (χ4v) is 2.62. The minimum Gasteiger partial charge on any atom is -0.383 e. The minimum atomic E-state index is 0.0585. The Morgan fingerprint density at radius 2 is 2.12 bits per heavy atom. The smallest absolute Gasteiger partial charge is 0.159 e. The molecule has 0 saturated carbocycles. The first kappa shape index (κ1) is 10.0. The number of fused-ring (bicyclic) bond motifs is 1. The molecule has 4 nitrogen and oxygen atoms in total. The van der Waals surface area contributed by atoms with E-state index < -0.39 is 0 Å². The van der Waals surface area contributed by atoms with Gasteiger partial charge in [0.15, 0.2) is 5.82 Å². The van der Waals surface area contributed by atoms with Crippen molar-refractivity contribution in [1.82, 2.24) is 9.97 Å². The molecule has 1 aromatic rings. The first-order valence-electron chi connectivity index (χ1n) is 6.04. The third-order valence-electron chi connectivity index (χ3n) is 3.50. The predicted octanol–water partition coefficient (Wildman–Crippen LogP) is 1.79. The summed E-state index contributed by atoms with van der Waals surface area (Å²) in [6.45, 7) is 2.09. The first-order valence-corrected chi connectivity index (χ1v) is 6.04. The number of nitrogens with zero attached hydrogens (tertiary/aromatic N) is 2. The molecule has 0 spiro atoms. The molecule has 0 bridgehead atoms. The number of hydrogen-bond acceptors (Lipinski definition) is 4. The highest BCUT2D eigenvalue weighted by molar-refractivity contribution is 5.44. The van der Waals surface area contributed by atoms with Crippen LogP contribution in [-0.4, -0.2) is 16.1 Å². The van der Waals surface area contributed by atoms with Crippen molar-refractivity contribution < 1.29 is 4.74 Å². The highest BCUT2D eigenvalue weighted by Gasteiger charge is 2.28. The van der Waals surface area contributed by atoms with E-state index in [-0.39, 0.29) is 6.10 Å². The molecule has 4 heteroatoms. The van der Waals surface area contributed by atoms with Crippen LogP contribution < -0.4 is 5.73 Å². The lowest BCUT2D eigenvalue weighted by Crippen LogP contribution is -2.10. The molecule has 16 heavy (non-hydrogen) atoms. The summed E-state index contributed by atoms with van der Waals surface area (Å²) in [5.74, 6) is 1.46. The maximum atomic E-state index is 5.97. The lowest BCUT2D eigenvalue weighted by molar-refractivity contribution is 0.0502. The summed E-state index contributed by atoms with van der Waals surface area (Å²) in [7, 11) is 0. The Bertz CT molecular complexity index is 419. The Kier molecular flexibility index (Phi) is 2.32. The molecule has 1 aliphatic heterocycles. The second-order valence-corrected chi connectivity index (χ2v) is 4.76. The maximum absolute atomic E-state index is 5.97. The number of ether oxygens (including phenoxy) is 1. The molecule has 1 fully saturated rings. The quantitative estimate of drug-likeness (QED) is 0.782. The zero-order valence-corrected chi connectivity index (χ0v) is 9.57. The van der Waals surface area contributed by atoms with Gasteiger partial charge < -0.3 is 10.5 Å². The lowest BCUT2D eigenvalue weighted by Gasteiger charge is -2.12. The zero-order chi connectivity index (χ0) is 11.1. The van der Waals surface area contributed by atoms with Gasteiger partial charge in [0, 0.05) is 11.3 Å². The van der Waals surface area contributed by atoms with E-state index in [1.54, 1.807) is 0 Å². The highest BCUT2D eigenvalue weighted by atomic mass is 16.5. The van der Waals surface area contributed by atoms with Gasteiger partial charge in [0.2, 0.25) is 0 Å². The second-order valence-electron chi connectivity index (χ2n) is 4.76. The van der Waals surface area contributed by atoms with E-state index in [0.717, 1.165) is 49.2 Å². The van der Waals surface area contributed by atoms with Crippen molar-refractivity contribution in [2.75, 3.05) is 5.73 Å². The summed E-state index contributed by atoms with van der Waals surface area (Å²) in [6, 6.07) is 0. The molecular weight excluding hydrogens is 202 g/mol. The number of hydrogen-bond donors (Lipinski definition) is 1. The fraction of sp³-hybridized carbons (Fsp3) is 0.667. The van der Waals surface area contributed by atoms with E-state index in [1.165, 1.54) is 0 Å². The van der Waals surface area contributed by atoms with Crippen molar-refractivity contribution in [1.29, 1.82) is 0 Å². The summed E-state index contributed by atoms with van der Waals surface area (Å²) in [4.78, 5) is 9.02. The van der Waals surface area contributed by atoms with E-state index in [1.807, 2.05) is 0 Å². The van der Waals surface area contributed by atoms with Gasteiger partial charge >= 0.3 is 0 Å². The Morgan fingerprint density at radius 1 is 1.25 bits per heavy atom. The van der Waals surface area contributed by atoms with Crippen LogP contribution in [0.5, 0.6) is 0 Å². The largest absolute Gasteiger partial charge is 0.383 e. The molecule has 2 N–H and O–H groups in total. The van der Waals surface area contributed by atoms with Gasteiger partial charge in [-0.25, -0.2) is 9.97 Å². The van der Waals surface area contributed by atoms with Gasteiger partial charge in [0.05, 0.1) is 6.10 Å². The van der Waals surface area contributed by atoms with Crippen molar-refractivity contribution in [3.63, 3.8) is 0 Å². The SMILES string of the molecule is CC1CCC(c2nc(N)c3c(n2)CCC3)O1. The molecule has 2 aliphatic rings. The fourth-order valence-electron chi connectivity index (χ4n) is 2.62. The molecule has 86 valence electrons. The third-order valence-corrected chi connectivity index (χ3v) is 3.50. The summed E-state index contributed by atoms with van der Waals surface area (Å²) >= 11 is 0. The molecule has 2 unspecified atom stereocenters. The Balaban J connectivity index is 1.94. The van der Waals surface area contributed by atoms with Gasteiger partial charge in [-0.05, 0) is 39.0 Å². The third kappa shape index (κ3) is 1.57. The van der Waals surface area contributed by atoms with E-state index in [9.17, 15) is 0 Å². The monoisotopic (exact) mass is 219 g/mol. The van der Waals surface area contributed by atoms with Crippen molar-refractivity contribution in [2.45, 2.75) is 51.2 Å². The first-order chi connectivity index (χ1) is 7.74. The summed E-state index contributed by atoms with van der Waals surface area (Å²) in [5.41, 5.74) is 8.27. The van der Waals surface area contributed by atoms with Gasteiger partial charge in [-0.1, -0.05) is 0 Å². The van der Waals surface area contributed by atoms with Crippen LogP contribution in [0, 0.1) is 0 Å². The van der Waals surface area contributed by atoms with Crippen molar-refractivity contribution in [3.8, 4) is 0 Å². The van der Waals surface area contributed by atoms with E-state index >= 15 is 0 Å². The van der Waals surface area contributed by atoms with Crippen molar-refractivity contribution >= 4 is 5.82 Å².